The van der Waals surface area contributed by atoms with Gasteiger partial charge in [0.2, 0.25) is 0 Å². The van der Waals surface area contributed by atoms with Gasteiger partial charge >= 0.3 is 0 Å². The summed E-state index contributed by atoms with van der Waals surface area (Å²) in [5.74, 6) is 0.167. The predicted molar refractivity (Wildman–Crippen MR) is 115 cm³/mol. The minimum Gasteiger partial charge on any atom is -0.373 e. The molecule has 0 aliphatic carbocycles. The Balaban J connectivity index is 0.000000735. The van der Waals surface area contributed by atoms with Crippen molar-refractivity contribution in [2.45, 2.75) is 32.7 Å². The number of nitrogens with zero attached hydrogens (tertiary/aromatic N) is 3. The molecular weight excluding hydrogens is 372 g/mol. The zero-order chi connectivity index (χ0) is 22.1. The lowest BCUT2D eigenvalue weighted by molar-refractivity contribution is -0.114. The van der Waals surface area contributed by atoms with Gasteiger partial charge in [-0.15, -0.1) is 0 Å². The molecule has 2 aromatic rings. The highest BCUT2D eigenvalue weighted by Gasteiger charge is 2.37. The van der Waals surface area contributed by atoms with Crippen LogP contribution < -0.4 is 5.32 Å². The van der Waals surface area contributed by atoms with Gasteiger partial charge in [-0.2, -0.15) is 15.8 Å². The van der Waals surface area contributed by atoms with Crippen LogP contribution in [0.4, 0.5) is 0 Å². The van der Waals surface area contributed by atoms with Crippen molar-refractivity contribution in [3.63, 3.8) is 0 Å². The Morgan fingerprint density at radius 3 is 1.90 bits per heavy atom. The number of hydrogen-bond donors (Lipinski definition) is 1. The lowest BCUT2D eigenvalue weighted by Gasteiger charge is -2.39. The van der Waals surface area contributed by atoms with Crippen molar-refractivity contribution >= 4 is 11.4 Å². The third-order valence-electron chi connectivity index (χ3n) is 4.60. The minimum atomic E-state index is -0.541. The Kier molecular flexibility index (Phi) is 7.29. The molecule has 148 valence electrons. The Bertz CT molecular complexity index is 1090. The summed E-state index contributed by atoms with van der Waals surface area (Å²) >= 11 is 0. The summed E-state index contributed by atoms with van der Waals surface area (Å²) in [5, 5.41) is 31.8. The molecule has 0 saturated carbocycles. The van der Waals surface area contributed by atoms with E-state index in [0.717, 1.165) is 16.7 Å². The average molecular weight is 394 g/mol. The molecule has 1 heterocycles. The van der Waals surface area contributed by atoms with Crippen molar-refractivity contribution in [1.29, 1.82) is 15.8 Å². The first-order valence-corrected chi connectivity index (χ1v) is 9.40. The number of Topliss-reactive ketones (excluding diaryl/α,β-unsaturated/α-hetero) is 1. The molecule has 0 amide bonds. The normalized spacial score (nSPS) is 17.3. The molecule has 1 aliphatic heterocycles. The summed E-state index contributed by atoms with van der Waals surface area (Å²) in [7, 11) is 0. The maximum absolute atomic E-state index is 9.77. The monoisotopic (exact) mass is 394 g/mol. The Morgan fingerprint density at radius 1 is 0.933 bits per heavy atom. The van der Waals surface area contributed by atoms with E-state index in [1.54, 1.807) is 0 Å². The molecule has 1 aliphatic rings. The molecule has 1 atom stereocenters. The van der Waals surface area contributed by atoms with Crippen LogP contribution in [0, 0.1) is 34.0 Å². The van der Waals surface area contributed by atoms with Crippen LogP contribution in [-0.2, 0) is 10.3 Å². The fraction of sp³-hybridized carbons (Fsp3) is 0.200. The molecule has 3 rings (SSSR count). The molecule has 0 fully saturated rings. The summed E-state index contributed by atoms with van der Waals surface area (Å²) in [6.45, 7) is 5.08. The lowest BCUT2D eigenvalue weighted by atomic mass is 9.77. The SMILES string of the molecule is CC(C)=O.C[C@]1(c2ccccc2)CC(c2ccccc2)=C(C#N)C(=C(C#N)C#N)N1. The minimum absolute atomic E-state index is 0.0863. The molecular formula is C25H22N4O. The van der Waals surface area contributed by atoms with Crippen LogP contribution in [0.15, 0.2) is 77.5 Å². The summed E-state index contributed by atoms with van der Waals surface area (Å²) in [5.41, 5.74) is 2.80. The van der Waals surface area contributed by atoms with Crippen LogP contribution in [0.25, 0.3) is 5.57 Å². The molecule has 5 heteroatoms. The van der Waals surface area contributed by atoms with Gasteiger partial charge in [0, 0.05) is 6.42 Å². The number of allylic oxidation sites excluding steroid dienone is 2. The van der Waals surface area contributed by atoms with Crippen LogP contribution in [-0.4, -0.2) is 5.78 Å². The lowest BCUT2D eigenvalue weighted by Crippen LogP contribution is -2.43. The number of ketones is 1. The van der Waals surface area contributed by atoms with Gasteiger partial charge in [0.05, 0.1) is 16.8 Å². The smallest absolute Gasteiger partial charge is 0.154 e. The molecule has 0 bridgehead atoms. The van der Waals surface area contributed by atoms with Gasteiger partial charge < -0.3 is 10.1 Å². The second-order valence-electron chi connectivity index (χ2n) is 7.21. The molecule has 1 N–H and O–H groups in total. The summed E-state index contributed by atoms with van der Waals surface area (Å²) in [6, 6.07) is 25.5. The van der Waals surface area contributed by atoms with Gasteiger partial charge in [-0.3, -0.25) is 0 Å². The second-order valence-corrected chi connectivity index (χ2v) is 7.21. The van der Waals surface area contributed by atoms with Crippen molar-refractivity contribution in [3.8, 4) is 18.2 Å². The number of hydrogen-bond acceptors (Lipinski definition) is 5. The van der Waals surface area contributed by atoms with Gasteiger partial charge in [-0.1, -0.05) is 60.7 Å². The van der Waals surface area contributed by atoms with Crippen LogP contribution in [0.5, 0.6) is 0 Å². The van der Waals surface area contributed by atoms with Crippen molar-refractivity contribution in [1.82, 2.24) is 5.32 Å². The highest BCUT2D eigenvalue weighted by molar-refractivity contribution is 5.80. The van der Waals surface area contributed by atoms with E-state index >= 15 is 0 Å². The molecule has 0 saturated heterocycles. The first-order valence-electron chi connectivity index (χ1n) is 9.40. The van der Waals surface area contributed by atoms with Crippen molar-refractivity contribution in [3.05, 3.63) is 88.6 Å². The van der Waals surface area contributed by atoms with E-state index < -0.39 is 5.54 Å². The number of nitriles is 3. The number of rotatable bonds is 2. The molecule has 5 nitrogen and oxygen atoms in total. The number of carbonyl (C=O) groups excluding carboxylic acids is 1. The quantitative estimate of drug-likeness (QED) is 0.740. The van der Waals surface area contributed by atoms with Crippen LogP contribution in [0.2, 0.25) is 0 Å². The first-order chi connectivity index (χ1) is 14.4. The average Bonchev–Trinajstić information content (AvgIpc) is 2.75. The molecule has 2 aromatic carbocycles. The van der Waals surface area contributed by atoms with Crippen molar-refractivity contribution < 1.29 is 4.79 Å². The van der Waals surface area contributed by atoms with Crippen molar-refractivity contribution in [2.75, 3.05) is 0 Å². The van der Waals surface area contributed by atoms with E-state index in [1.807, 2.05) is 79.7 Å². The van der Waals surface area contributed by atoms with E-state index in [2.05, 4.69) is 11.4 Å². The first kappa shape index (κ1) is 22.2. The van der Waals surface area contributed by atoms with E-state index in [4.69, 9.17) is 0 Å². The second kappa shape index (κ2) is 9.87. The number of benzene rings is 2. The summed E-state index contributed by atoms with van der Waals surface area (Å²) in [4.78, 5) is 9.44. The fourth-order valence-corrected chi connectivity index (χ4v) is 3.29. The molecule has 30 heavy (non-hydrogen) atoms. The van der Waals surface area contributed by atoms with Gasteiger partial charge in [0.15, 0.2) is 5.57 Å². The summed E-state index contributed by atoms with van der Waals surface area (Å²) in [6.07, 6.45) is 0.567. The van der Waals surface area contributed by atoms with E-state index in [1.165, 1.54) is 13.8 Å². The van der Waals surface area contributed by atoms with Crippen LogP contribution in [0.3, 0.4) is 0 Å². The maximum Gasteiger partial charge on any atom is 0.154 e. The molecule has 0 spiro atoms. The zero-order valence-electron chi connectivity index (χ0n) is 17.2. The van der Waals surface area contributed by atoms with Gasteiger partial charge in [-0.25, -0.2) is 0 Å². The standard InChI is InChI=1S/C22H16N4.C3H6O/c1-22(18-10-6-3-7-11-18)12-19(16-8-4-2-5-9-16)20(15-25)21(26-22)17(13-23)14-24;1-3(2)4/h2-11,26H,12H2,1H3;1-2H3/t22-;/m1./s1. The Labute approximate surface area is 177 Å². The van der Waals surface area contributed by atoms with E-state index in [9.17, 15) is 20.6 Å². The molecule has 0 radical (unpaired) electrons. The van der Waals surface area contributed by atoms with Gasteiger partial charge in [-0.05, 0) is 37.5 Å². The van der Waals surface area contributed by atoms with Crippen LogP contribution >= 0.6 is 0 Å². The van der Waals surface area contributed by atoms with Gasteiger partial charge in [0.1, 0.15) is 24.0 Å². The van der Waals surface area contributed by atoms with Crippen LogP contribution in [0.1, 0.15) is 38.3 Å². The third kappa shape index (κ3) is 5.02. The largest absolute Gasteiger partial charge is 0.373 e. The number of nitrogens with one attached hydrogen (secondary N) is 1. The van der Waals surface area contributed by atoms with Crippen molar-refractivity contribution in [2.24, 2.45) is 0 Å². The topological polar surface area (TPSA) is 100 Å². The zero-order valence-corrected chi connectivity index (χ0v) is 17.2. The highest BCUT2D eigenvalue weighted by atomic mass is 16.1. The fourth-order valence-electron chi connectivity index (χ4n) is 3.29. The third-order valence-corrected chi connectivity index (χ3v) is 4.60. The summed E-state index contributed by atoms with van der Waals surface area (Å²) < 4.78 is 0. The van der Waals surface area contributed by atoms with Gasteiger partial charge in [0.25, 0.3) is 0 Å². The number of carbonyl (C=O) groups is 1. The molecule has 0 unspecified atom stereocenters. The maximum atomic E-state index is 9.77. The highest BCUT2D eigenvalue weighted by Crippen LogP contribution is 2.41. The Hall–Kier alpha value is -4.14. The Morgan fingerprint density at radius 2 is 1.43 bits per heavy atom. The van der Waals surface area contributed by atoms with E-state index in [-0.39, 0.29) is 11.4 Å². The predicted octanol–water partition coefficient (Wildman–Crippen LogP) is 4.77. The molecule has 0 aromatic heterocycles. The van der Waals surface area contributed by atoms with E-state index in [0.29, 0.717) is 17.7 Å².